The number of amidine groups is 1. The van der Waals surface area contributed by atoms with Crippen LogP contribution in [0.25, 0.3) is 0 Å². The van der Waals surface area contributed by atoms with Gasteiger partial charge in [-0.3, -0.25) is 0 Å². The Kier molecular flexibility index (Phi) is 4.01. The monoisotopic (exact) mass is 270 g/mol. The maximum atomic E-state index is 11.9. The van der Waals surface area contributed by atoms with Crippen molar-refractivity contribution in [3.63, 3.8) is 0 Å². The molecular weight excluding hydrogens is 252 g/mol. The molecule has 0 heterocycles. The summed E-state index contributed by atoms with van der Waals surface area (Å²) in [5.74, 6) is -0.812. The summed E-state index contributed by atoms with van der Waals surface area (Å²) in [5, 5.41) is 11.1. The van der Waals surface area contributed by atoms with Gasteiger partial charge in [0.25, 0.3) is 0 Å². The van der Waals surface area contributed by atoms with Gasteiger partial charge in [-0.2, -0.15) is 0 Å². The number of benzene rings is 1. The van der Waals surface area contributed by atoms with Crippen LogP contribution in [-0.4, -0.2) is 25.2 Å². The minimum Gasteiger partial charge on any atom is -0.409 e. The number of nitrogens with two attached hydrogens (primary N) is 1. The van der Waals surface area contributed by atoms with Gasteiger partial charge < -0.3 is 10.9 Å². The Labute approximate surface area is 107 Å². The molecule has 1 aromatic carbocycles. The standard InChI is InChI=1S/C12H18N2O3S/c1-12(2,3)9-4-6-10(7-5-9)18(16,17)8-11(13)14-15/h4-7,15H,8H2,1-3H3,(H2,13,14). The summed E-state index contributed by atoms with van der Waals surface area (Å²) >= 11 is 0. The van der Waals surface area contributed by atoms with E-state index in [1.165, 1.54) is 0 Å². The summed E-state index contributed by atoms with van der Waals surface area (Å²) in [5.41, 5.74) is 6.23. The molecule has 0 bridgehead atoms. The second kappa shape index (κ2) is 4.97. The number of oxime groups is 1. The molecule has 0 aliphatic heterocycles. The molecule has 18 heavy (non-hydrogen) atoms. The number of nitrogens with zero attached hydrogens (tertiary/aromatic N) is 1. The molecule has 0 amide bonds. The lowest BCUT2D eigenvalue weighted by molar-refractivity contribution is 0.318. The van der Waals surface area contributed by atoms with Gasteiger partial charge in [0.15, 0.2) is 15.7 Å². The van der Waals surface area contributed by atoms with Gasteiger partial charge >= 0.3 is 0 Å². The van der Waals surface area contributed by atoms with Crippen molar-refractivity contribution in [1.29, 1.82) is 0 Å². The Morgan fingerprint density at radius 3 is 2.17 bits per heavy atom. The molecule has 6 heteroatoms. The molecule has 0 fully saturated rings. The lowest BCUT2D eigenvalue weighted by Crippen LogP contribution is -2.23. The van der Waals surface area contributed by atoms with E-state index in [9.17, 15) is 8.42 Å². The second-order valence-corrected chi connectivity index (χ2v) is 7.11. The number of hydrogen-bond acceptors (Lipinski definition) is 4. The molecule has 1 rings (SSSR count). The summed E-state index contributed by atoms with van der Waals surface area (Å²) in [7, 11) is -3.55. The highest BCUT2D eigenvalue weighted by Gasteiger charge is 2.19. The molecule has 100 valence electrons. The summed E-state index contributed by atoms with van der Waals surface area (Å²) in [6.45, 7) is 6.15. The van der Waals surface area contributed by atoms with Crippen LogP contribution < -0.4 is 5.73 Å². The first-order valence-electron chi connectivity index (χ1n) is 5.46. The van der Waals surface area contributed by atoms with E-state index in [4.69, 9.17) is 10.9 Å². The van der Waals surface area contributed by atoms with Gasteiger partial charge in [0.2, 0.25) is 0 Å². The molecule has 1 aromatic rings. The van der Waals surface area contributed by atoms with Crippen LogP contribution in [-0.2, 0) is 15.3 Å². The van der Waals surface area contributed by atoms with Crippen molar-refractivity contribution in [2.75, 3.05) is 5.75 Å². The highest BCUT2D eigenvalue weighted by Crippen LogP contribution is 2.23. The van der Waals surface area contributed by atoms with E-state index in [1.807, 2.05) is 20.8 Å². The minimum atomic E-state index is -3.55. The molecule has 0 unspecified atom stereocenters. The van der Waals surface area contributed by atoms with Crippen molar-refractivity contribution in [1.82, 2.24) is 0 Å². The van der Waals surface area contributed by atoms with Gasteiger partial charge in [-0.1, -0.05) is 38.1 Å². The van der Waals surface area contributed by atoms with Crippen LogP contribution in [0.2, 0.25) is 0 Å². The summed E-state index contributed by atoms with van der Waals surface area (Å²) in [6.07, 6.45) is 0. The first-order valence-corrected chi connectivity index (χ1v) is 7.12. The van der Waals surface area contributed by atoms with Crippen LogP contribution >= 0.6 is 0 Å². The number of rotatable bonds is 3. The zero-order valence-corrected chi connectivity index (χ0v) is 11.5. The van der Waals surface area contributed by atoms with Crippen LogP contribution in [0, 0.1) is 0 Å². The maximum Gasteiger partial charge on any atom is 0.185 e. The zero-order valence-electron chi connectivity index (χ0n) is 10.7. The van der Waals surface area contributed by atoms with Gasteiger partial charge in [-0.25, -0.2) is 8.42 Å². The highest BCUT2D eigenvalue weighted by atomic mass is 32.2. The lowest BCUT2D eigenvalue weighted by atomic mass is 9.87. The fourth-order valence-electron chi connectivity index (χ4n) is 1.47. The van der Waals surface area contributed by atoms with Crippen molar-refractivity contribution in [3.05, 3.63) is 29.8 Å². The average Bonchev–Trinajstić information content (AvgIpc) is 2.27. The Morgan fingerprint density at radius 1 is 1.28 bits per heavy atom. The molecule has 0 radical (unpaired) electrons. The van der Waals surface area contributed by atoms with Crippen molar-refractivity contribution in [2.45, 2.75) is 31.1 Å². The lowest BCUT2D eigenvalue weighted by Gasteiger charge is -2.19. The summed E-state index contributed by atoms with van der Waals surface area (Å²) in [6, 6.07) is 6.64. The third kappa shape index (κ3) is 3.46. The van der Waals surface area contributed by atoms with Crippen LogP contribution in [0.3, 0.4) is 0 Å². The van der Waals surface area contributed by atoms with E-state index in [0.717, 1.165) is 5.56 Å². The third-order valence-corrected chi connectivity index (χ3v) is 4.21. The van der Waals surface area contributed by atoms with Crippen LogP contribution in [0.15, 0.2) is 34.3 Å². The van der Waals surface area contributed by atoms with Crippen molar-refractivity contribution in [3.8, 4) is 0 Å². The quantitative estimate of drug-likeness (QED) is 0.377. The normalized spacial score (nSPS) is 13.6. The van der Waals surface area contributed by atoms with Crippen LogP contribution in [0.4, 0.5) is 0 Å². The first kappa shape index (κ1) is 14.5. The van der Waals surface area contributed by atoms with Crippen molar-refractivity contribution >= 4 is 15.7 Å². The number of sulfone groups is 1. The van der Waals surface area contributed by atoms with Gasteiger partial charge in [0, 0.05) is 0 Å². The minimum absolute atomic E-state index is 0.0339. The average molecular weight is 270 g/mol. The van der Waals surface area contributed by atoms with Crippen LogP contribution in [0.5, 0.6) is 0 Å². The van der Waals surface area contributed by atoms with E-state index in [0.29, 0.717) is 0 Å². The van der Waals surface area contributed by atoms with E-state index >= 15 is 0 Å². The van der Waals surface area contributed by atoms with Gasteiger partial charge in [-0.15, -0.1) is 0 Å². The topological polar surface area (TPSA) is 92.8 Å². The Morgan fingerprint density at radius 2 is 1.78 bits per heavy atom. The van der Waals surface area contributed by atoms with Crippen LogP contribution in [0.1, 0.15) is 26.3 Å². The second-order valence-electron chi connectivity index (χ2n) is 5.12. The van der Waals surface area contributed by atoms with E-state index < -0.39 is 15.6 Å². The molecule has 0 aliphatic rings. The van der Waals surface area contributed by atoms with Gasteiger partial charge in [0.1, 0.15) is 5.75 Å². The van der Waals surface area contributed by atoms with E-state index in [-0.39, 0.29) is 16.1 Å². The summed E-state index contributed by atoms with van der Waals surface area (Å²) in [4.78, 5) is 0.169. The first-order chi connectivity index (χ1) is 8.16. The molecule has 0 saturated heterocycles. The Balaban J connectivity index is 3.06. The van der Waals surface area contributed by atoms with Gasteiger partial charge in [-0.05, 0) is 23.1 Å². The maximum absolute atomic E-state index is 11.9. The summed E-state index contributed by atoms with van der Waals surface area (Å²) < 4.78 is 23.8. The predicted molar refractivity (Wildman–Crippen MR) is 70.6 cm³/mol. The molecule has 0 spiro atoms. The third-order valence-electron chi connectivity index (χ3n) is 2.55. The Hall–Kier alpha value is -1.56. The molecule has 0 aliphatic carbocycles. The molecule has 3 N–H and O–H groups in total. The fraction of sp³-hybridized carbons (Fsp3) is 0.417. The molecule has 5 nitrogen and oxygen atoms in total. The number of hydrogen-bond donors (Lipinski definition) is 2. The smallest absolute Gasteiger partial charge is 0.185 e. The predicted octanol–water partition coefficient (Wildman–Crippen LogP) is 1.50. The molecule has 0 aromatic heterocycles. The van der Waals surface area contributed by atoms with E-state index in [1.54, 1.807) is 24.3 Å². The highest BCUT2D eigenvalue weighted by molar-refractivity contribution is 7.92. The molecular formula is C12H18N2O3S. The Bertz CT molecular complexity index is 540. The zero-order chi connectivity index (χ0) is 14.0. The largest absolute Gasteiger partial charge is 0.409 e. The molecule has 0 saturated carbocycles. The SMILES string of the molecule is CC(C)(C)c1ccc(S(=O)(=O)C/C(N)=N\O)cc1. The fourth-order valence-corrected chi connectivity index (χ4v) is 2.63. The van der Waals surface area contributed by atoms with E-state index in [2.05, 4.69) is 5.16 Å². The molecule has 0 atom stereocenters. The van der Waals surface area contributed by atoms with Crippen molar-refractivity contribution in [2.24, 2.45) is 10.9 Å². The van der Waals surface area contributed by atoms with Gasteiger partial charge in [0.05, 0.1) is 4.90 Å². The van der Waals surface area contributed by atoms with Crippen molar-refractivity contribution < 1.29 is 13.6 Å².